The van der Waals surface area contributed by atoms with E-state index in [0.29, 0.717) is 11.8 Å². The van der Waals surface area contributed by atoms with Crippen LogP contribution >= 0.6 is 0 Å². The average molecular weight is 357 g/mol. The maximum atomic E-state index is 12.5. The van der Waals surface area contributed by atoms with Crippen molar-refractivity contribution in [3.63, 3.8) is 0 Å². The SMILES string of the molecule is CC(NC(=O)C(C=O)c1ccccc1)c1ccc(Cc2ccccc2)cc1. The first kappa shape index (κ1) is 18.6. The lowest BCUT2D eigenvalue weighted by atomic mass is 9.98. The molecule has 0 spiro atoms. The van der Waals surface area contributed by atoms with Gasteiger partial charge in [0.2, 0.25) is 5.91 Å². The summed E-state index contributed by atoms with van der Waals surface area (Å²) in [6.07, 6.45) is 1.57. The second-order valence-corrected chi connectivity index (χ2v) is 6.66. The summed E-state index contributed by atoms with van der Waals surface area (Å²) < 4.78 is 0. The van der Waals surface area contributed by atoms with Gasteiger partial charge in [-0.05, 0) is 35.6 Å². The minimum absolute atomic E-state index is 0.172. The Kier molecular flexibility index (Phi) is 6.16. The van der Waals surface area contributed by atoms with Gasteiger partial charge in [-0.25, -0.2) is 0 Å². The van der Waals surface area contributed by atoms with Crippen LogP contribution in [-0.2, 0) is 16.0 Å². The fraction of sp³-hybridized carbons (Fsp3) is 0.167. The van der Waals surface area contributed by atoms with Gasteiger partial charge in [0.25, 0.3) is 0 Å². The quantitative estimate of drug-likeness (QED) is 0.502. The number of amides is 1. The van der Waals surface area contributed by atoms with Gasteiger partial charge in [0, 0.05) is 0 Å². The summed E-state index contributed by atoms with van der Waals surface area (Å²) in [5.41, 5.74) is 4.20. The van der Waals surface area contributed by atoms with E-state index in [1.165, 1.54) is 11.1 Å². The van der Waals surface area contributed by atoms with Crippen molar-refractivity contribution in [1.29, 1.82) is 0 Å². The first-order valence-electron chi connectivity index (χ1n) is 9.11. The number of hydrogen-bond donors (Lipinski definition) is 1. The largest absolute Gasteiger partial charge is 0.349 e. The Labute approximate surface area is 160 Å². The Morgan fingerprint density at radius 1 is 0.815 bits per heavy atom. The normalized spacial score (nSPS) is 12.8. The number of carbonyl (C=O) groups excluding carboxylic acids is 2. The topological polar surface area (TPSA) is 46.2 Å². The van der Waals surface area contributed by atoms with Gasteiger partial charge in [-0.2, -0.15) is 0 Å². The second-order valence-electron chi connectivity index (χ2n) is 6.66. The highest BCUT2D eigenvalue weighted by molar-refractivity contribution is 5.97. The van der Waals surface area contributed by atoms with Crippen molar-refractivity contribution >= 4 is 12.2 Å². The van der Waals surface area contributed by atoms with Crippen molar-refractivity contribution in [2.45, 2.75) is 25.3 Å². The molecule has 1 N–H and O–H groups in total. The molecule has 0 bridgehead atoms. The van der Waals surface area contributed by atoms with E-state index in [2.05, 4.69) is 29.6 Å². The molecule has 0 aliphatic carbocycles. The summed E-state index contributed by atoms with van der Waals surface area (Å²) >= 11 is 0. The molecule has 0 radical (unpaired) electrons. The molecule has 1 amide bonds. The van der Waals surface area contributed by atoms with E-state index in [4.69, 9.17) is 0 Å². The number of nitrogens with one attached hydrogen (secondary N) is 1. The molecular formula is C24H23NO2. The van der Waals surface area contributed by atoms with E-state index in [1.54, 1.807) is 12.1 Å². The first-order chi connectivity index (χ1) is 13.2. The molecule has 0 aliphatic heterocycles. The van der Waals surface area contributed by atoms with Crippen LogP contribution in [0.3, 0.4) is 0 Å². The van der Waals surface area contributed by atoms with Gasteiger partial charge in [0.1, 0.15) is 12.2 Å². The molecule has 0 fully saturated rings. The smallest absolute Gasteiger partial charge is 0.235 e. The maximum absolute atomic E-state index is 12.5. The highest BCUT2D eigenvalue weighted by Crippen LogP contribution is 2.19. The summed E-state index contributed by atoms with van der Waals surface area (Å²) in [6.45, 7) is 1.93. The highest BCUT2D eigenvalue weighted by atomic mass is 16.2. The molecule has 0 saturated heterocycles. The molecule has 0 aliphatic rings. The third kappa shape index (κ3) is 4.91. The van der Waals surface area contributed by atoms with E-state index < -0.39 is 5.92 Å². The maximum Gasteiger partial charge on any atom is 0.235 e. The zero-order valence-electron chi connectivity index (χ0n) is 15.3. The van der Waals surface area contributed by atoms with E-state index in [-0.39, 0.29) is 11.9 Å². The van der Waals surface area contributed by atoms with Crippen LogP contribution in [0.1, 0.15) is 41.1 Å². The molecule has 3 nitrogen and oxygen atoms in total. The predicted octanol–water partition coefficient (Wildman–Crippen LogP) is 4.44. The Balaban J connectivity index is 1.64. The molecular weight excluding hydrogens is 334 g/mol. The van der Waals surface area contributed by atoms with E-state index >= 15 is 0 Å². The van der Waals surface area contributed by atoms with Crippen LogP contribution < -0.4 is 5.32 Å². The lowest BCUT2D eigenvalue weighted by Crippen LogP contribution is -2.32. The highest BCUT2D eigenvalue weighted by Gasteiger charge is 2.21. The molecule has 3 heteroatoms. The summed E-state index contributed by atoms with van der Waals surface area (Å²) in [7, 11) is 0. The average Bonchev–Trinajstić information content (AvgIpc) is 2.70. The van der Waals surface area contributed by atoms with Gasteiger partial charge in [-0.1, -0.05) is 84.9 Å². The fourth-order valence-electron chi connectivity index (χ4n) is 3.09. The summed E-state index contributed by atoms with van der Waals surface area (Å²) in [4.78, 5) is 23.9. The van der Waals surface area contributed by atoms with Crippen molar-refractivity contribution in [3.05, 3.63) is 107 Å². The van der Waals surface area contributed by atoms with Crippen molar-refractivity contribution < 1.29 is 9.59 Å². The van der Waals surface area contributed by atoms with Crippen molar-refractivity contribution in [2.24, 2.45) is 0 Å². The van der Waals surface area contributed by atoms with Crippen molar-refractivity contribution in [2.75, 3.05) is 0 Å². The Bertz CT molecular complexity index is 873. The van der Waals surface area contributed by atoms with Gasteiger partial charge in [0.15, 0.2) is 0 Å². The summed E-state index contributed by atoms with van der Waals surface area (Å²) in [5.74, 6) is -1.07. The first-order valence-corrected chi connectivity index (χ1v) is 9.11. The van der Waals surface area contributed by atoms with Crippen LogP contribution in [0, 0.1) is 0 Å². The Morgan fingerprint density at radius 3 is 1.96 bits per heavy atom. The van der Waals surface area contributed by atoms with Crippen LogP contribution in [0.4, 0.5) is 0 Å². The minimum atomic E-state index is -0.786. The van der Waals surface area contributed by atoms with Gasteiger partial charge in [-0.15, -0.1) is 0 Å². The van der Waals surface area contributed by atoms with Gasteiger partial charge in [0.05, 0.1) is 6.04 Å². The van der Waals surface area contributed by atoms with E-state index in [9.17, 15) is 9.59 Å². The molecule has 0 saturated carbocycles. The number of carbonyl (C=O) groups is 2. The van der Waals surface area contributed by atoms with Crippen LogP contribution in [-0.4, -0.2) is 12.2 Å². The van der Waals surface area contributed by atoms with E-state index in [1.807, 2.05) is 55.5 Å². The second kappa shape index (κ2) is 8.95. The molecule has 27 heavy (non-hydrogen) atoms. The number of benzene rings is 3. The number of aldehydes is 1. The molecule has 3 rings (SSSR count). The Morgan fingerprint density at radius 2 is 1.37 bits per heavy atom. The number of hydrogen-bond acceptors (Lipinski definition) is 2. The Hall–Kier alpha value is -3.20. The van der Waals surface area contributed by atoms with Gasteiger partial charge < -0.3 is 10.1 Å². The lowest BCUT2D eigenvalue weighted by molar-refractivity contribution is -0.126. The zero-order chi connectivity index (χ0) is 19.1. The molecule has 0 heterocycles. The number of rotatable bonds is 7. The lowest BCUT2D eigenvalue weighted by Gasteiger charge is -2.18. The van der Waals surface area contributed by atoms with Crippen molar-refractivity contribution in [3.8, 4) is 0 Å². The third-order valence-electron chi connectivity index (χ3n) is 4.67. The van der Waals surface area contributed by atoms with Crippen LogP contribution in [0.15, 0.2) is 84.9 Å². The third-order valence-corrected chi connectivity index (χ3v) is 4.67. The molecule has 136 valence electrons. The van der Waals surface area contributed by atoms with E-state index in [0.717, 1.165) is 12.0 Å². The molecule has 3 aromatic rings. The molecule has 2 atom stereocenters. The zero-order valence-corrected chi connectivity index (χ0v) is 15.3. The molecule has 3 aromatic carbocycles. The fourth-order valence-corrected chi connectivity index (χ4v) is 3.09. The molecule has 0 aromatic heterocycles. The van der Waals surface area contributed by atoms with Crippen molar-refractivity contribution in [1.82, 2.24) is 5.32 Å². The summed E-state index contributed by atoms with van der Waals surface area (Å²) in [6, 6.07) is 27.5. The van der Waals surface area contributed by atoms with Crippen LogP contribution in [0.5, 0.6) is 0 Å². The van der Waals surface area contributed by atoms with Gasteiger partial charge in [-0.3, -0.25) is 4.79 Å². The van der Waals surface area contributed by atoms with Crippen LogP contribution in [0.25, 0.3) is 0 Å². The minimum Gasteiger partial charge on any atom is -0.349 e. The van der Waals surface area contributed by atoms with Gasteiger partial charge >= 0.3 is 0 Å². The summed E-state index contributed by atoms with van der Waals surface area (Å²) in [5, 5.41) is 2.94. The monoisotopic (exact) mass is 357 g/mol. The standard InChI is InChI=1S/C24H23NO2/c1-18(25-24(27)23(17-26)22-10-6-3-7-11-22)21-14-12-20(13-15-21)16-19-8-4-2-5-9-19/h2-15,17-18,23H,16H2,1H3,(H,25,27). The van der Waals surface area contributed by atoms with Crippen LogP contribution in [0.2, 0.25) is 0 Å². The molecule has 2 unspecified atom stereocenters. The predicted molar refractivity (Wildman–Crippen MR) is 107 cm³/mol.